The molecule has 0 heterocycles. The number of benzene rings is 1. The molecule has 1 aromatic rings. The number of carbonyl (C=O) groups is 2. The van der Waals surface area contributed by atoms with Gasteiger partial charge in [0.15, 0.2) is 6.61 Å². The molecule has 6 heteroatoms. The Morgan fingerprint density at radius 2 is 1.82 bits per heavy atom. The van der Waals surface area contributed by atoms with E-state index in [2.05, 4.69) is 24.5 Å². The molecule has 0 bridgehead atoms. The van der Waals surface area contributed by atoms with Crippen LogP contribution in [0.15, 0.2) is 30.3 Å². The lowest BCUT2D eigenvalue weighted by molar-refractivity contribution is -0.144. The maximum atomic E-state index is 12.8. The van der Waals surface area contributed by atoms with E-state index in [0.29, 0.717) is 5.75 Å². The standard InChI is InChI=1S/C27H42N2O4/c1-17(25(32)29-26(3,4)5)20-12-14-27(6)15-13-21(18(2)23(27)24(20)31)28-22(30)16-33-19-10-8-7-9-11-19/h7-11,17-18,20-21,23-24,31H,12-16H2,1-6H3,(H,28,30)(H,29,32)/t17-,18-,20+,21-,23+,24-,27+/m0/s1. The van der Waals surface area contributed by atoms with Crippen LogP contribution in [0.5, 0.6) is 5.75 Å². The van der Waals surface area contributed by atoms with Crippen molar-refractivity contribution in [3.63, 3.8) is 0 Å². The van der Waals surface area contributed by atoms with E-state index in [1.807, 2.05) is 58.0 Å². The van der Waals surface area contributed by atoms with Crippen LogP contribution in [0.2, 0.25) is 0 Å². The molecule has 0 radical (unpaired) electrons. The van der Waals surface area contributed by atoms with Gasteiger partial charge in [0.2, 0.25) is 5.91 Å². The van der Waals surface area contributed by atoms with Crippen molar-refractivity contribution in [1.29, 1.82) is 0 Å². The summed E-state index contributed by atoms with van der Waals surface area (Å²) in [6, 6.07) is 9.31. The first-order valence-corrected chi connectivity index (χ1v) is 12.4. The third kappa shape index (κ3) is 6.08. The van der Waals surface area contributed by atoms with E-state index < -0.39 is 6.10 Å². The molecule has 0 spiro atoms. The fraction of sp³-hybridized carbons (Fsp3) is 0.704. The second-order valence-electron chi connectivity index (χ2n) is 11.6. The number of para-hydroxylation sites is 1. The zero-order chi connectivity index (χ0) is 24.4. The van der Waals surface area contributed by atoms with Crippen LogP contribution < -0.4 is 15.4 Å². The van der Waals surface area contributed by atoms with E-state index in [4.69, 9.17) is 4.74 Å². The first-order chi connectivity index (χ1) is 15.4. The van der Waals surface area contributed by atoms with Crippen molar-refractivity contribution in [2.45, 2.75) is 84.9 Å². The van der Waals surface area contributed by atoms with Gasteiger partial charge in [-0.3, -0.25) is 9.59 Å². The molecule has 2 fully saturated rings. The van der Waals surface area contributed by atoms with Crippen LogP contribution in [0.1, 0.15) is 67.2 Å². The molecule has 0 aliphatic heterocycles. The van der Waals surface area contributed by atoms with E-state index in [1.54, 1.807) is 0 Å². The summed E-state index contributed by atoms with van der Waals surface area (Å²) in [6.45, 7) is 12.2. The lowest BCUT2D eigenvalue weighted by atomic mass is 9.51. The van der Waals surface area contributed by atoms with Crippen molar-refractivity contribution in [2.75, 3.05) is 6.61 Å². The Kier molecular flexibility index (Phi) is 7.77. The second kappa shape index (κ2) is 10.0. The topological polar surface area (TPSA) is 87.7 Å². The zero-order valence-corrected chi connectivity index (χ0v) is 21.1. The monoisotopic (exact) mass is 458 g/mol. The molecule has 1 aromatic carbocycles. The number of aliphatic hydroxyl groups excluding tert-OH is 1. The number of ether oxygens (including phenoxy) is 1. The molecule has 2 saturated carbocycles. The molecule has 6 nitrogen and oxygen atoms in total. The Labute approximate surface area is 198 Å². The molecule has 3 rings (SSSR count). The summed E-state index contributed by atoms with van der Waals surface area (Å²) < 4.78 is 5.60. The minimum Gasteiger partial charge on any atom is -0.484 e. The molecule has 0 unspecified atom stereocenters. The summed E-state index contributed by atoms with van der Waals surface area (Å²) >= 11 is 0. The quantitative estimate of drug-likeness (QED) is 0.603. The molecule has 2 aliphatic rings. The number of rotatable bonds is 6. The number of amides is 2. The minimum absolute atomic E-state index is 0.00142. The minimum atomic E-state index is -0.570. The van der Waals surface area contributed by atoms with Gasteiger partial charge in [-0.15, -0.1) is 0 Å². The average Bonchev–Trinajstić information content (AvgIpc) is 2.73. The number of carbonyl (C=O) groups excluding carboxylic acids is 2. The third-order valence-electron chi connectivity index (χ3n) is 7.90. The second-order valence-corrected chi connectivity index (χ2v) is 11.6. The van der Waals surface area contributed by atoms with Gasteiger partial charge >= 0.3 is 0 Å². The summed E-state index contributed by atoms with van der Waals surface area (Å²) in [5.41, 5.74) is -0.272. The van der Waals surface area contributed by atoms with Crippen LogP contribution >= 0.6 is 0 Å². The summed E-state index contributed by atoms with van der Waals surface area (Å²) in [5.74, 6) is 0.342. The lowest BCUT2D eigenvalue weighted by Gasteiger charge is -2.56. The van der Waals surface area contributed by atoms with E-state index in [9.17, 15) is 14.7 Å². The van der Waals surface area contributed by atoms with Crippen LogP contribution in [0.3, 0.4) is 0 Å². The fourth-order valence-electron chi connectivity index (χ4n) is 6.09. The molecular formula is C27H42N2O4. The molecule has 7 atom stereocenters. The normalized spacial score (nSPS) is 32.9. The van der Waals surface area contributed by atoms with Gasteiger partial charge in [0.1, 0.15) is 5.75 Å². The smallest absolute Gasteiger partial charge is 0.258 e. The number of nitrogens with one attached hydrogen (secondary N) is 2. The van der Waals surface area contributed by atoms with Crippen molar-refractivity contribution < 1.29 is 19.4 Å². The number of hydrogen-bond donors (Lipinski definition) is 3. The Bertz CT molecular complexity index is 821. The maximum Gasteiger partial charge on any atom is 0.258 e. The third-order valence-corrected chi connectivity index (χ3v) is 7.90. The highest BCUT2D eigenvalue weighted by Crippen LogP contribution is 2.55. The number of fused-ring (bicyclic) bond motifs is 1. The zero-order valence-electron chi connectivity index (χ0n) is 21.1. The van der Waals surface area contributed by atoms with Gasteiger partial charge in [-0.05, 0) is 81.8 Å². The van der Waals surface area contributed by atoms with Gasteiger partial charge < -0.3 is 20.5 Å². The van der Waals surface area contributed by atoms with Crippen molar-refractivity contribution in [1.82, 2.24) is 10.6 Å². The van der Waals surface area contributed by atoms with Gasteiger partial charge in [-0.2, -0.15) is 0 Å². The van der Waals surface area contributed by atoms with Crippen molar-refractivity contribution in [3.05, 3.63) is 30.3 Å². The van der Waals surface area contributed by atoms with Crippen molar-refractivity contribution in [3.8, 4) is 5.75 Å². The van der Waals surface area contributed by atoms with Crippen LogP contribution in [0, 0.1) is 29.1 Å². The van der Waals surface area contributed by atoms with Gasteiger partial charge in [-0.1, -0.05) is 39.0 Å². The maximum absolute atomic E-state index is 12.8. The highest BCUT2D eigenvalue weighted by Gasteiger charge is 2.54. The van der Waals surface area contributed by atoms with E-state index in [-0.39, 0.29) is 59.1 Å². The Balaban J connectivity index is 1.64. The number of hydrogen-bond acceptors (Lipinski definition) is 4. The predicted molar refractivity (Wildman–Crippen MR) is 130 cm³/mol. The van der Waals surface area contributed by atoms with Gasteiger partial charge in [0, 0.05) is 17.5 Å². The van der Waals surface area contributed by atoms with Gasteiger partial charge in [-0.25, -0.2) is 0 Å². The van der Waals surface area contributed by atoms with Crippen LogP contribution in [-0.4, -0.2) is 41.2 Å². The van der Waals surface area contributed by atoms with E-state index in [1.165, 1.54) is 0 Å². The Hall–Kier alpha value is -2.08. The van der Waals surface area contributed by atoms with Crippen molar-refractivity contribution in [2.24, 2.45) is 29.1 Å². The summed E-state index contributed by atoms with van der Waals surface area (Å²) in [6.07, 6.45) is 3.12. The van der Waals surface area contributed by atoms with Crippen LogP contribution in [0.25, 0.3) is 0 Å². The first-order valence-electron chi connectivity index (χ1n) is 12.4. The first kappa shape index (κ1) is 25.5. The van der Waals surface area contributed by atoms with Gasteiger partial charge in [0.25, 0.3) is 5.91 Å². The Morgan fingerprint density at radius 3 is 2.45 bits per heavy atom. The average molecular weight is 459 g/mol. The van der Waals surface area contributed by atoms with Gasteiger partial charge in [0.05, 0.1) is 6.10 Å². The summed E-state index contributed by atoms with van der Waals surface area (Å²) in [4.78, 5) is 25.4. The fourth-order valence-corrected chi connectivity index (χ4v) is 6.09. The molecule has 0 aromatic heterocycles. The van der Waals surface area contributed by atoms with Crippen LogP contribution in [-0.2, 0) is 9.59 Å². The lowest BCUT2D eigenvalue weighted by Crippen LogP contribution is -2.59. The highest BCUT2D eigenvalue weighted by molar-refractivity contribution is 5.79. The largest absolute Gasteiger partial charge is 0.484 e. The van der Waals surface area contributed by atoms with E-state index >= 15 is 0 Å². The molecular weight excluding hydrogens is 416 g/mol. The molecule has 184 valence electrons. The molecule has 0 saturated heterocycles. The van der Waals surface area contributed by atoms with Crippen LogP contribution in [0.4, 0.5) is 0 Å². The highest BCUT2D eigenvalue weighted by atomic mass is 16.5. The predicted octanol–water partition coefficient (Wildman–Crippen LogP) is 3.92. The molecule has 33 heavy (non-hydrogen) atoms. The number of aliphatic hydroxyl groups is 1. The SMILES string of the molecule is C[C@@H]1[C@@H]2[C@@H](O)[C@@H]([C@H](C)C(=O)NC(C)(C)C)CC[C@]2(C)CC[C@@H]1NC(=O)COc1ccccc1. The summed E-state index contributed by atoms with van der Waals surface area (Å²) in [5, 5.41) is 17.7. The van der Waals surface area contributed by atoms with Crippen molar-refractivity contribution >= 4 is 11.8 Å². The summed E-state index contributed by atoms with van der Waals surface area (Å²) in [7, 11) is 0. The van der Waals surface area contributed by atoms with E-state index in [0.717, 1.165) is 25.7 Å². The molecule has 2 amide bonds. The molecule has 3 N–H and O–H groups in total. The Morgan fingerprint density at radius 1 is 1.18 bits per heavy atom. The molecule has 2 aliphatic carbocycles.